The van der Waals surface area contributed by atoms with Crippen molar-refractivity contribution in [1.82, 2.24) is 5.32 Å². The zero-order valence-electron chi connectivity index (χ0n) is 11.0. The molecule has 94 valence electrons. The van der Waals surface area contributed by atoms with Crippen molar-refractivity contribution >= 4 is 5.91 Å². The summed E-state index contributed by atoms with van der Waals surface area (Å²) in [4.78, 5) is 12.2. The van der Waals surface area contributed by atoms with E-state index in [9.17, 15) is 4.79 Å². The lowest BCUT2D eigenvalue weighted by Crippen LogP contribution is -2.48. The molecule has 1 fully saturated rings. The van der Waals surface area contributed by atoms with Gasteiger partial charge in [-0.3, -0.25) is 4.79 Å². The third-order valence-corrected chi connectivity index (χ3v) is 3.77. The highest BCUT2D eigenvalue weighted by Crippen LogP contribution is 2.42. The minimum absolute atomic E-state index is 0.112. The first-order valence-corrected chi connectivity index (χ1v) is 6.21. The Kier molecular flexibility index (Phi) is 4.00. The molecule has 1 atom stereocenters. The van der Waals surface area contributed by atoms with Crippen molar-refractivity contribution in [3.8, 4) is 0 Å². The minimum Gasteiger partial charge on any atom is -0.396 e. The molecule has 1 rings (SSSR count). The SMILES string of the molecule is CC(C)(CCO)NC(=O)C1CCCC1(C)C. The largest absolute Gasteiger partial charge is 0.396 e. The summed E-state index contributed by atoms with van der Waals surface area (Å²) in [7, 11) is 0. The number of aliphatic hydroxyl groups is 1. The van der Waals surface area contributed by atoms with Crippen LogP contribution in [0.15, 0.2) is 0 Å². The van der Waals surface area contributed by atoms with E-state index in [1.54, 1.807) is 0 Å². The lowest BCUT2D eigenvalue weighted by atomic mass is 9.81. The van der Waals surface area contributed by atoms with Crippen molar-refractivity contribution in [2.24, 2.45) is 11.3 Å². The summed E-state index contributed by atoms with van der Waals surface area (Å²) in [6.07, 6.45) is 3.87. The van der Waals surface area contributed by atoms with E-state index in [1.165, 1.54) is 0 Å². The number of carbonyl (C=O) groups excluding carboxylic acids is 1. The van der Waals surface area contributed by atoms with Gasteiger partial charge in [-0.1, -0.05) is 20.3 Å². The summed E-state index contributed by atoms with van der Waals surface area (Å²) >= 11 is 0. The van der Waals surface area contributed by atoms with Crippen LogP contribution in [0.3, 0.4) is 0 Å². The zero-order valence-corrected chi connectivity index (χ0v) is 11.0. The predicted molar refractivity (Wildman–Crippen MR) is 65.0 cm³/mol. The van der Waals surface area contributed by atoms with Gasteiger partial charge in [-0.25, -0.2) is 0 Å². The fraction of sp³-hybridized carbons (Fsp3) is 0.923. The molecule has 3 heteroatoms. The van der Waals surface area contributed by atoms with Crippen LogP contribution in [0.2, 0.25) is 0 Å². The Hall–Kier alpha value is -0.570. The molecule has 1 aliphatic rings. The molecule has 0 saturated heterocycles. The molecule has 16 heavy (non-hydrogen) atoms. The average molecular weight is 227 g/mol. The Bertz CT molecular complexity index is 259. The molecule has 0 radical (unpaired) electrons. The van der Waals surface area contributed by atoms with Crippen LogP contribution in [0.1, 0.15) is 53.4 Å². The van der Waals surface area contributed by atoms with E-state index >= 15 is 0 Å². The Morgan fingerprint density at radius 3 is 2.56 bits per heavy atom. The van der Waals surface area contributed by atoms with Gasteiger partial charge in [0.1, 0.15) is 0 Å². The molecule has 0 heterocycles. The van der Waals surface area contributed by atoms with E-state index < -0.39 is 0 Å². The topological polar surface area (TPSA) is 49.3 Å². The third kappa shape index (κ3) is 3.21. The summed E-state index contributed by atoms with van der Waals surface area (Å²) in [5.41, 5.74) is -0.177. The van der Waals surface area contributed by atoms with E-state index in [1.807, 2.05) is 13.8 Å². The molecule has 1 saturated carbocycles. The molecule has 0 aliphatic heterocycles. The van der Waals surface area contributed by atoms with Crippen molar-refractivity contribution < 1.29 is 9.90 Å². The molecule has 1 aliphatic carbocycles. The van der Waals surface area contributed by atoms with Gasteiger partial charge in [0.05, 0.1) is 0 Å². The highest BCUT2D eigenvalue weighted by atomic mass is 16.3. The highest BCUT2D eigenvalue weighted by molar-refractivity contribution is 5.80. The molecule has 0 bridgehead atoms. The van der Waals surface area contributed by atoms with Gasteiger partial charge in [-0.05, 0) is 38.5 Å². The second-order valence-corrected chi connectivity index (χ2v) is 6.28. The first-order chi connectivity index (χ1) is 7.28. The van der Waals surface area contributed by atoms with Gasteiger partial charge in [0, 0.05) is 18.1 Å². The van der Waals surface area contributed by atoms with E-state index in [-0.39, 0.29) is 29.4 Å². The monoisotopic (exact) mass is 227 g/mol. The molecule has 0 aromatic carbocycles. The fourth-order valence-corrected chi connectivity index (χ4v) is 2.58. The van der Waals surface area contributed by atoms with E-state index in [0.29, 0.717) is 6.42 Å². The smallest absolute Gasteiger partial charge is 0.224 e. The van der Waals surface area contributed by atoms with Gasteiger partial charge in [0.2, 0.25) is 5.91 Å². The van der Waals surface area contributed by atoms with Crippen molar-refractivity contribution in [2.45, 2.75) is 58.9 Å². The van der Waals surface area contributed by atoms with Crippen molar-refractivity contribution in [3.05, 3.63) is 0 Å². The lowest BCUT2D eigenvalue weighted by molar-refractivity contribution is -0.129. The second-order valence-electron chi connectivity index (χ2n) is 6.28. The predicted octanol–water partition coefficient (Wildman–Crippen LogP) is 2.09. The Morgan fingerprint density at radius 2 is 2.12 bits per heavy atom. The van der Waals surface area contributed by atoms with E-state index in [4.69, 9.17) is 5.11 Å². The standard InChI is InChI=1S/C13H25NO2/c1-12(2)7-5-6-10(12)11(16)14-13(3,4)8-9-15/h10,15H,5-9H2,1-4H3,(H,14,16). The fourth-order valence-electron chi connectivity index (χ4n) is 2.58. The zero-order chi connectivity index (χ0) is 12.4. The normalized spacial score (nSPS) is 24.4. The number of hydrogen-bond donors (Lipinski definition) is 2. The van der Waals surface area contributed by atoms with Gasteiger partial charge < -0.3 is 10.4 Å². The molecule has 1 unspecified atom stereocenters. The maximum absolute atomic E-state index is 12.2. The van der Waals surface area contributed by atoms with Crippen molar-refractivity contribution in [2.75, 3.05) is 6.61 Å². The number of amides is 1. The van der Waals surface area contributed by atoms with Gasteiger partial charge >= 0.3 is 0 Å². The number of nitrogens with one attached hydrogen (secondary N) is 1. The van der Waals surface area contributed by atoms with Crippen LogP contribution in [0.4, 0.5) is 0 Å². The summed E-state index contributed by atoms with van der Waals surface area (Å²) in [6.45, 7) is 8.38. The van der Waals surface area contributed by atoms with Crippen LogP contribution < -0.4 is 5.32 Å². The van der Waals surface area contributed by atoms with Gasteiger partial charge in [0.15, 0.2) is 0 Å². The first kappa shape index (κ1) is 13.5. The summed E-state index contributed by atoms with van der Waals surface area (Å²) < 4.78 is 0. The Balaban J connectivity index is 2.59. The number of aliphatic hydroxyl groups excluding tert-OH is 1. The quantitative estimate of drug-likeness (QED) is 0.772. The Labute approximate surface area is 98.6 Å². The van der Waals surface area contributed by atoms with Crippen LogP contribution in [-0.4, -0.2) is 23.2 Å². The van der Waals surface area contributed by atoms with Crippen molar-refractivity contribution in [1.29, 1.82) is 0 Å². The molecule has 1 amide bonds. The van der Waals surface area contributed by atoms with E-state index in [0.717, 1.165) is 19.3 Å². The van der Waals surface area contributed by atoms with Gasteiger partial charge in [-0.2, -0.15) is 0 Å². The minimum atomic E-state index is -0.301. The molecule has 0 spiro atoms. The van der Waals surface area contributed by atoms with Crippen LogP contribution >= 0.6 is 0 Å². The van der Waals surface area contributed by atoms with Crippen molar-refractivity contribution in [3.63, 3.8) is 0 Å². The van der Waals surface area contributed by atoms with Crippen LogP contribution in [-0.2, 0) is 4.79 Å². The maximum atomic E-state index is 12.2. The molecular weight excluding hydrogens is 202 g/mol. The van der Waals surface area contributed by atoms with Gasteiger partial charge in [-0.15, -0.1) is 0 Å². The first-order valence-electron chi connectivity index (χ1n) is 6.21. The summed E-state index contributed by atoms with van der Waals surface area (Å²) in [5, 5.41) is 12.0. The average Bonchev–Trinajstić information content (AvgIpc) is 2.43. The number of hydrogen-bond acceptors (Lipinski definition) is 2. The Morgan fingerprint density at radius 1 is 1.50 bits per heavy atom. The molecule has 3 nitrogen and oxygen atoms in total. The van der Waals surface area contributed by atoms with Crippen LogP contribution in [0.25, 0.3) is 0 Å². The second kappa shape index (κ2) is 4.74. The molecule has 0 aromatic heterocycles. The van der Waals surface area contributed by atoms with E-state index in [2.05, 4.69) is 19.2 Å². The third-order valence-electron chi connectivity index (χ3n) is 3.77. The van der Waals surface area contributed by atoms with Crippen LogP contribution in [0.5, 0.6) is 0 Å². The summed E-state index contributed by atoms with van der Waals surface area (Å²) in [6, 6.07) is 0. The highest BCUT2D eigenvalue weighted by Gasteiger charge is 2.40. The molecule has 2 N–H and O–H groups in total. The van der Waals surface area contributed by atoms with Crippen LogP contribution in [0, 0.1) is 11.3 Å². The number of carbonyl (C=O) groups is 1. The number of rotatable bonds is 4. The summed E-state index contributed by atoms with van der Waals surface area (Å²) in [5.74, 6) is 0.284. The molecule has 0 aromatic rings. The molecular formula is C13H25NO2. The van der Waals surface area contributed by atoms with Gasteiger partial charge in [0.25, 0.3) is 0 Å². The maximum Gasteiger partial charge on any atom is 0.224 e. The lowest BCUT2D eigenvalue weighted by Gasteiger charge is -2.31.